The fourth-order valence-electron chi connectivity index (χ4n) is 0.718. The van der Waals surface area contributed by atoms with Crippen molar-refractivity contribution in [2.24, 2.45) is 0 Å². The van der Waals surface area contributed by atoms with Crippen LogP contribution < -0.4 is 5.32 Å². The Labute approximate surface area is 71.7 Å². The number of hydrogen-bond donors (Lipinski definition) is 2. The van der Waals surface area contributed by atoms with E-state index in [1.54, 1.807) is 12.4 Å². The number of aliphatic hydroxyl groups is 1. The van der Waals surface area contributed by atoms with E-state index < -0.39 is 6.23 Å². The van der Waals surface area contributed by atoms with E-state index in [2.05, 4.69) is 15.3 Å². The minimum Gasteiger partial charge on any atom is -0.374 e. The molecule has 1 heterocycles. The van der Waals surface area contributed by atoms with Crippen molar-refractivity contribution < 1.29 is 5.11 Å². The first-order valence-corrected chi connectivity index (χ1v) is 3.95. The summed E-state index contributed by atoms with van der Waals surface area (Å²) in [4.78, 5) is 7.97. The highest BCUT2D eigenvalue weighted by molar-refractivity contribution is 5.24. The monoisotopic (exact) mass is 167 g/mol. The lowest BCUT2D eigenvalue weighted by Gasteiger charge is -2.09. The van der Waals surface area contributed by atoms with Gasteiger partial charge in [0.15, 0.2) is 0 Å². The molecule has 0 bridgehead atoms. The van der Waals surface area contributed by atoms with Gasteiger partial charge in [0.1, 0.15) is 6.23 Å². The molecule has 66 valence electrons. The van der Waals surface area contributed by atoms with E-state index in [4.69, 9.17) is 0 Å². The van der Waals surface area contributed by atoms with E-state index in [0.717, 1.165) is 5.56 Å². The molecule has 0 aliphatic heterocycles. The predicted octanol–water partition coefficient (Wildman–Crippen LogP) is 0.925. The molecule has 0 aliphatic carbocycles. The van der Waals surface area contributed by atoms with Gasteiger partial charge in [-0.1, -0.05) is 6.92 Å². The quantitative estimate of drug-likeness (QED) is 0.657. The van der Waals surface area contributed by atoms with Gasteiger partial charge in [-0.3, -0.25) is 0 Å². The van der Waals surface area contributed by atoms with Crippen LogP contribution in [0.1, 0.15) is 18.9 Å². The number of aliphatic hydroxyl groups excluding tert-OH is 1. The summed E-state index contributed by atoms with van der Waals surface area (Å²) in [6.07, 6.45) is 3.49. The van der Waals surface area contributed by atoms with Gasteiger partial charge in [-0.15, -0.1) is 0 Å². The van der Waals surface area contributed by atoms with Crippen molar-refractivity contribution in [2.75, 3.05) is 5.32 Å². The lowest BCUT2D eigenvalue weighted by atomic mass is 10.4. The van der Waals surface area contributed by atoms with Crippen LogP contribution in [0.5, 0.6) is 0 Å². The zero-order chi connectivity index (χ0) is 8.97. The lowest BCUT2D eigenvalue weighted by molar-refractivity contribution is 0.198. The first-order valence-electron chi connectivity index (χ1n) is 3.95. The number of anilines is 1. The minimum atomic E-state index is -0.562. The van der Waals surface area contributed by atoms with Crippen LogP contribution >= 0.6 is 0 Å². The fourth-order valence-corrected chi connectivity index (χ4v) is 0.718. The highest BCUT2D eigenvalue weighted by atomic mass is 16.3. The van der Waals surface area contributed by atoms with Gasteiger partial charge in [0, 0.05) is 12.4 Å². The van der Waals surface area contributed by atoms with Crippen LogP contribution in [-0.2, 0) is 0 Å². The Balaban J connectivity index is 2.58. The van der Waals surface area contributed by atoms with Crippen molar-refractivity contribution in [2.45, 2.75) is 26.5 Å². The van der Waals surface area contributed by atoms with Crippen LogP contribution in [-0.4, -0.2) is 21.3 Å². The van der Waals surface area contributed by atoms with Crippen molar-refractivity contribution in [3.63, 3.8) is 0 Å². The van der Waals surface area contributed by atoms with E-state index in [1.807, 2.05) is 13.8 Å². The summed E-state index contributed by atoms with van der Waals surface area (Å²) in [5.41, 5.74) is 1.01. The molecule has 12 heavy (non-hydrogen) atoms. The molecule has 4 heteroatoms. The molecular weight excluding hydrogens is 154 g/mol. The molecule has 1 aromatic heterocycles. The number of nitrogens with zero attached hydrogens (tertiary/aromatic N) is 2. The second-order valence-electron chi connectivity index (χ2n) is 2.65. The van der Waals surface area contributed by atoms with Crippen molar-refractivity contribution in [3.05, 3.63) is 18.0 Å². The van der Waals surface area contributed by atoms with Crippen LogP contribution in [0.15, 0.2) is 12.4 Å². The van der Waals surface area contributed by atoms with Crippen molar-refractivity contribution in [1.82, 2.24) is 9.97 Å². The molecule has 4 nitrogen and oxygen atoms in total. The Morgan fingerprint density at radius 1 is 1.50 bits per heavy atom. The number of aryl methyl sites for hydroxylation is 1. The predicted molar refractivity (Wildman–Crippen MR) is 46.7 cm³/mol. The highest BCUT2D eigenvalue weighted by Crippen LogP contribution is 2.00. The summed E-state index contributed by atoms with van der Waals surface area (Å²) in [5.74, 6) is 0.468. The summed E-state index contributed by atoms with van der Waals surface area (Å²) in [6, 6.07) is 0. The fraction of sp³-hybridized carbons (Fsp3) is 0.500. The van der Waals surface area contributed by atoms with Crippen LogP contribution in [0.25, 0.3) is 0 Å². The Hall–Kier alpha value is -1.16. The SMILES string of the molecule is CCC(O)Nc1ncc(C)cn1. The Morgan fingerprint density at radius 3 is 2.58 bits per heavy atom. The second-order valence-corrected chi connectivity index (χ2v) is 2.65. The molecule has 1 unspecified atom stereocenters. The van der Waals surface area contributed by atoms with Gasteiger partial charge in [0.05, 0.1) is 0 Å². The van der Waals surface area contributed by atoms with E-state index >= 15 is 0 Å². The maximum atomic E-state index is 9.19. The first-order chi connectivity index (χ1) is 5.72. The molecule has 0 aliphatic rings. The molecule has 0 radical (unpaired) electrons. The summed E-state index contributed by atoms with van der Waals surface area (Å²) >= 11 is 0. The minimum absolute atomic E-state index is 0.468. The highest BCUT2D eigenvalue weighted by Gasteiger charge is 2.00. The smallest absolute Gasteiger partial charge is 0.224 e. The number of hydrogen-bond acceptors (Lipinski definition) is 4. The van der Waals surface area contributed by atoms with E-state index in [-0.39, 0.29) is 0 Å². The zero-order valence-electron chi connectivity index (χ0n) is 7.28. The third-order valence-corrected chi connectivity index (χ3v) is 1.46. The molecule has 2 N–H and O–H groups in total. The summed E-state index contributed by atoms with van der Waals surface area (Å²) in [5, 5.41) is 11.9. The first kappa shape index (κ1) is 8.93. The Bertz CT molecular complexity index is 235. The van der Waals surface area contributed by atoms with Crippen molar-refractivity contribution >= 4 is 5.95 Å². The van der Waals surface area contributed by atoms with Gasteiger partial charge < -0.3 is 10.4 Å². The Morgan fingerprint density at radius 2 is 2.08 bits per heavy atom. The normalized spacial score (nSPS) is 12.6. The lowest BCUT2D eigenvalue weighted by Crippen LogP contribution is -2.18. The molecule has 0 fully saturated rings. The van der Waals surface area contributed by atoms with Crippen LogP contribution in [0.2, 0.25) is 0 Å². The second kappa shape index (κ2) is 4.01. The van der Waals surface area contributed by atoms with Gasteiger partial charge in [0.2, 0.25) is 5.95 Å². The summed E-state index contributed by atoms with van der Waals surface area (Å²) in [6.45, 7) is 3.80. The van der Waals surface area contributed by atoms with Gasteiger partial charge in [-0.25, -0.2) is 9.97 Å². The summed E-state index contributed by atoms with van der Waals surface area (Å²) in [7, 11) is 0. The molecule has 0 amide bonds. The summed E-state index contributed by atoms with van der Waals surface area (Å²) < 4.78 is 0. The number of rotatable bonds is 3. The van der Waals surface area contributed by atoms with Gasteiger partial charge in [0.25, 0.3) is 0 Å². The molecular formula is C8H13N3O. The topological polar surface area (TPSA) is 58.0 Å². The van der Waals surface area contributed by atoms with Crippen LogP contribution in [0, 0.1) is 6.92 Å². The third kappa shape index (κ3) is 2.47. The van der Waals surface area contributed by atoms with Gasteiger partial charge >= 0.3 is 0 Å². The molecule has 0 aromatic carbocycles. The van der Waals surface area contributed by atoms with Crippen molar-refractivity contribution in [1.29, 1.82) is 0 Å². The van der Waals surface area contributed by atoms with E-state index in [9.17, 15) is 5.11 Å². The van der Waals surface area contributed by atoms with Gasteiger partial charge in [-0.2, -0.15) is 0 Å². The zero-order valence-corrected chi connectivity index (χ0v) is 7.28. The average Bonchev–Trinajstić information content (AvgIpc) is 2.09. The Kier molecular flexibility index (Phi) is 2.99. The number of aromatic nitrogens is 2. The van der Waals surface area contributed by atoms with Crippen LogP contribution in [0.3, 0.4) is 0 Å². The molecule has 1 rings (SSSR count). The van der Waals surface area contributed by atoms with Crippen LogP contribution in [0.4, 0.5) is 5.95 Å². The third-order valence-electron chi connectivity index (χ3n) is 1.46. The standard InChI is InChI=1S/C8H13N3O/c1-3-7(12)11-8-9-4-6(2)5-10-8/h4-5,7,12H,3H2,1-2H3,(H,9,10,11). The molecule has 0 saturated carbocycles. The van der Waals surface area contributed by atoms with E-state index in [1.165, 1.54) is 0 Å². The van der Waals surface area contributed by atoms with E-state index in [0.29, 0.717) is 12.4 Å². The van der Waals surface area contributed by atoms with Gasteiger partial charge in [-0.05, 0) is 18.9 Å². The molecule has 0 spiro atoms. The molecule has 1 aromatic rings. The molecule has 0 saturated heterocycles. The number of nitrogens with one attached hydrogen (secondary N) is 1. The molecule has 1 atom stereocenters. The van der Waals surface area contributed by atoms with Crippen molar-refractivity contribution in [3.8, 4) is 0 Å². The maximum absolute atomic E-state index is 9.19. The largest absolute Gasteiger partial charge is 0.374 e. The maximum Gasteiger partial charge on any atom is 0.224 e. The average molecular weight is 167 g/mol.